The van der Waals surface area contributed by atoms with Crippen LogP contribution in [0.2, 0.25) is 0 Å². The fraction of sp³-hybridized carbons (Fsp3) is 0.455. The van der Waals surface area contributed by atoms with Crippen LogP contribution < -0.4 is 5.73 Å². The van der Waals surface area contributed by atoms with Crippen LogP contribution >= 0.6 is 15.9 Å². The highest BCUT2D eigenvalue weighted by atomic mass is 79.9. The Balaban J connectivity index is 2.37. The average Bonchev–Trinajstić information content (AvgIpc) is 2.87. The number of nitrogens with two attached hydrogens (primary N) is 1. The monoisotopic (exact) mass is 319 g/mol. The van der Waals surface area contributed by atoms with Crippen LogP contribution in [0.25, 0.3) is 0 Å². The summed E-state index contributed by atoms with van der Waals surface area (Å²) in [6.45, 7) is -0.328. The van der Waals surface area contributed by atoms with E-state index in [1.807, 2.05) is 24.3 Å². The SMILES string of the molecule is CS(=O)(=O)[C@@H]1[C@H](c2ccc(Br)cc2)[C@@]1(N)CO. The van der Waals surface area contributed by atoms with E-state index in [2.05, 4.69) is 15.9 Å². The molecular formula is C11H14BrNO3S. The van der Waals surface area contributed by atoms with Crippen molar-refractivity contribution in [2.45, 2.75) is 16.7 Å². The van der Waals surface area contributed by atoms with Gasteiger partial charge in [-0.1, -0.05) is 28.1 Å². The highest BCUT2D eigenvalue weighted by Gasteiger charge is 2.67. The number of sulfone groups is 1. The first kappa shape index (κ1) is 13.0. The van der Waals surface area contributed by atoms with Gasteiger partial charge in [0.2, 0.25) is 0 Å². The maximum atomic E-state index is 11.6. The first-order valence-corrected chi connectivity index (χ1v) is 7.89. The first-order chi connectivity index (χ1) is 7.80. The molecule has 0 amide bonds. The van der Waals surface area contributed by atoms with Crippen molar-refractivity contribution in [2.24, 2.45) is 5.73 Å². The molecule has 0 aromatic heterocycles. The minimum Gasteiger partial charge on any atom is -0.394 e. The third kappa shape index (κ3) is 2.14. The van der Waals surface area contributed by atoms with Crippen molar-refractivity contribution in [2.75, 3.05) is 12.9 Å². The number of aliphatic hydroxyl groups is 1. The zero-order chi connectivity index (χ0) is 12.8. The maximum absolute atomic E-state index is 11.6. The molecule has 3 N–H and O–H groups in total. The lowest BCUT2D eigenvalue weighted by molar-refractivity contribution is 0.253. The van der Waals surface area contributed by atoms with Gasteiger partial charge in [0.15, 0.2) is 9.84 Å². The minimum absolute atomic E-state index is 0.324. The highest BCUT2D eigenvalue weighted by Crippen LogP contribution is 2.53. The van der Waals surface area contributed by atoms with Gasteiger partial charge < -0.3 is 10.8 Å². The van der Waals surface area contributed by atoms with Crippen LogP contribution in [0, 0.1) is 0 Å². The molecule has 1 aromatic carbocycles. The quantitative estimate of drug-likeness (QED) is 0.857. The lowest BCUT2D eigenvalue weighted by Crippen LogP contribution is -2.34. The van der Waals surface area contributed by atoms with E-state index < -0.39 is 20.6 Å². The van der Waals surface area contributed by atoms with Crippen molar-refractivity contribution in [1.29, 1.82) is 0 Å². The highest BCUT2D eigenvalue weighted by molar-refractivity contribution is 9.10. The van der Waals surface area contributed by atoms with Gasteiger partial charge in [0.05, 0.1) is 17.4 Å². The molecule has 0 saturated heterocycles. The molecular weight excluding hydrogens is 306 g/mol. The Bertz CT molecular complexity index is 528. The van der Waals surface area contributed by atoms with Crippen LogP contribution in [0.15, 0.2) is 28.7 Å². The van der Waals surface area contributed by atoms with E-state index in [0.29, 0.717) is 0 Å². The van der Waals surface area contributed by atoms with E-state index in [1.54, 1.807) is 0 Å². The molecule has 0 aliphatic heterocycles. The zero-order valence-corrected chi connectivity index (χ0v) is 11.7. The minimum atomic E-state index is -3.25. The van der Waals surface area contributed by atoms with Gasteiger partial charge in [-0.25, -0.2) is 8.42 Å². The number of hydrogen-bond acceptors (Lipinski definition) is 4. The van der Waals surface area contributed by atoms with Gasteiger partial charge in [0.25, 0.3) is 0 Å². The molecule has 1 fully saturated rings. The Morgan fingerprint density at radius 3 is 2.29 bits per heavy atom. The van der Waals surface area contributed by atoms with Gasteiger partial charge in [-0.2, -0.15) is 0 Å². The van der Waals surface area contributed by atoms with Crippen molar-refractivity contribution < 1.29 is 13.5 Å². The largest absolute Gasteiger partial charge is 0.394 e. The number of rotatable bonds is 3. The number of aliphatic hydroxyl groups excluding tert-OH is 1. The zero-order valence-electron chi connectivity index (χ0n) is 9.30. The topological polar surface area (TPSA) is 80.4 Å². The second-order valence-corrected chi connectivity index (χ2v) is 7.63. The molecule has 6 heteroatoms. The van der Waals surface area contributed by atoms with Crippen molar-refractivity contribution in [3.8, 4) is 0 Å². The van der Waals surface area contributed by atoms with Crippen LogP contribution in [0.5, 0.6) is 0 Å². The predicted molar refractivity (Wildman–Crippen MR) is 69.5 cm³/mol. The molecule has 1 aliphatic carbocycles. The number of halogens is 1. The molecule has 1 saturated carbocycles. The van der Waals surface area contributed by atoms with E-state index in [9.17, 15) is 13.5 Å². The summed E-state index contributed by atoms with van der Waals surface area (Å²) >= 11 is 3.32. The Morgan fingerprint density at radius 1 is 1.41 bits per heavy atom. The molecule has 0 radical (unpaired) electrons. The van der Waals surface area contributed by atoms with E-state index >= 15 is 0 Å². The first-order valence-electron chi connectivity index (χ1n) is 5.15. The average molecular weight is 320 g/mol. The van der Waals surface area contributed by atoms with E-state index in [-0.39, 0.29) is 12.5 Å². The van der Waals surface area contributed by atoms with Gasteiger partial charge in [0, 0.05) is 16.6 Å². The molecule has 0 spiro atoms. The summed E-state index contributed by atoms with van der Waals surface area (Å²) in [5, 5.41) is 8.59. The summed E-state index contributed by atoms with van der Waals surface area (Å²) in [6, 6.07) is 7.34. The summed E-state index contributed by atoms with van der Waals surface area (Å²) in [6.07, 6.45) is 1.16. The van der Waals surface area contributed by atoms with Gasteiger partial charge in [0.1, 0.15) is 0 Å². The van der Waals surface area contributed by atoms with E-state index in [1.165, 1.54) is 0 Å². The van der Waals surface area contributed by atoms with Crippen LogP contribution in [0.3, 0.4) is 0 Å². The fourth-order valence-electron chi connectivity index (χ4n) is 2.41. The van der Waals surface area contributed by atoms with Gasteiger partial charge in [-0.15, -0.1) is 0 Å². The van der Waals surface area contributed by atoms with Crippen LogP contribution in [0.1, 0.15) is 11.5 Å². The lowest BCUT2D eigenvalue weighted by atomic mass is 10.1. The second-order valence-electron chi connectivity index (χ2n) is 4.55. The van der Waals surface area contributed by atoms with Crippen molar-refractivity contribution in [3.63, 3.8) is 0 Å². The van der Waals surface area contributed by atoms with Gasteiger partial charge in [-0.3, -0.25) is 0 Å². The molecule has 4 nitrogen and oxygen atoms in total. The molecule has 17 heavy (non-hydrogen) atoms. The molecule has 0 heterocycles. The Hall–Kier alpha value is -0.430. The van der Waals surface area contributed by atoms with Crippen molar-refractivity contribution in [1.82, 2.24) is 0 Å². The van der Waals surface area contributed by atoms with E-state index in [4.69, 9.17) is 5.73 Å². The molecule has 94 valence electrons. The molecule has 0 unspecified atom stereocenters. The van der Waals surface area contributed by atoms with Gasteiger partial charge >= 0.3 is 0 Å². The summed E-state index contributed by atoms with van der Waals surface area (Å²) in [7, 11) is -3.25. The van der Waals surface area contributed by atoms with Crippen LogP contribution in [-0.2, 0) is 9.84 Å². The van der Waals surface area contributed by atoms with Crippen molar-refractivity contribution >= 4 is 25.8 Å². The summed E-state index contributed by atoms with van der Waals surface area (Å²) in [5.41, 5.74) is 5.76. The fourth-order valence-corrected chi connectivity index (χ4v) is 4.52. The summed E-state index contributed by atoms with van der Waals surface area (Å²) < 4.78 is 24.2. The third-order valence-corrected chi connectivity index (χ3v) is 5.43. The lowest BCUT2D eigenvalue weighted by Gasteiger charge is -2.06. The smallest absolute Gasteiger partial charge is 0.152 e. The Morgan fingerprint density at radius 2 is 1.94 bits per heavy atom. The van der Waals surface area contributed by atoms with Crippen LogP contribution in [0.4, 0.5) is 0 Å². The summed E-state index contributed by atoms with van der Waals surface area (Å²) in [5.74, 6) is -0.324. The standard InChI is InChI=1S/C11H14BrNO3S/c1-17(15,16)10-9(11(10,13)6-14)7-2-4-8(12)5-3-7/h2-5,9-10,14H,6,13H2,1H3/t9-,10+,11-/m0/s1. The third-order valence-electron chi connectivity index (χ3n) is 3.27. The molecule has 1 aliphatic rings. The molecule has 1 aromatic rings. The predicted octanol–water partition coefficient (Wildman–Crippen LogP) is 0.649. The van der Waals surface area contributed by atoms with Gasteiger partial charge in [-0.05, 0) is 17.7 Å². The molecule has 0 bridgehead atoms. The second kappa shape index (κ2) is 4.05. The van der Waals surface area contributed by atoms with Crippen LogP contribution in [-0.4, -0.2) is 37.2 Å². The number of hydrogen-bond donors (Lipinski definition) is 2. The van der Waals surface area contributed by atoms with E-state index in [0.717, 1.165) is 16.3 Å². The normalized spacial score (nSPS) is 32.5. The Kier molecular flexibility index (Phi) is 3.10. The molecule has 2 rings (SSSR count). The van der Waals surface area contributed by atoms with Crippen molar-refractivity contribution in [3.05, 3.63) is 34.3 Å². The Labute approximate surface area is 109 Å². The maximum Gasteiger partial charge on any atom is 0.152 e. The summed E-state index contributed by atoms with van der Waals surface area (Å²) in [4.78, 5) is 0. The number of benzene rings is 1. The molecule has 3 atom stereocenters.